The summed E-state index contributed by atoms with van der Waals surface area (Å²) in [6.45, 7) is 4.05. The molecule has 0 saturated carbocycles. The highest BCUT2D eigenvalue weighted by Crippen LogP contribution is 2.14. The molecular formula is C18H27N5O4. The van der Waals surface area contributed by atoms with Crippen molar-refractivity contribution in [3.05, 3.63) is 30.1 Å². The number of rotatable bonds is 3. The van der Waals surface area contributed by atoms with Gasteiger partial charge in [-0.3, -0.25) is 19.5 Å². The molecule has 148 valence electrons. The lowest BCUT2D eigenvalue weighted by atomic mass is 10.0. The average Bonchev–Trinajstić information content (AvgIpc) is 2.89. The Hall–Kier alpha value is -2.68. The van der Waals surface area contributed by atoms with Gasteiger partial charge in [0, 0.05) is 51.2 Å². The number of aromatic nitrogens is 1. The number of piperidine rings is 1. The van der Waals surface area contributed by atoms with Crippen LogP contribution in [0.3, 0.4) is 0 Å². The number of hydrogen-bond donors (Lipinski definition) is 3. The third-order valence-corrected chi connectivity index (χ3v) is 4.62. The zero-order valence-corrected chi connectivity index (χ0v) is 15.3. The minimum atomic E-state index is -0.250. The molecule has 2 saturated heterocycles. The van der Waals surface area contributed by atoms with Crippen LogP contribution in [0.4, 0.5) is 4.79 Å². The first-order valence-corrected chi connectivity index (χ1v) is 9.13. The van der Waals surface area contributed by atoms with Crippen LogP contribution in [0.15, 0.2) is 24.5 Å². The molecule has 2 aliphatic heterocycles. The molecule has 1 aromatic heterocycles. The van der Waals surface area contributed by atoms with E-state index < -0.39 is 0 Å². The number of carboxylic acid groups (broad SMARTS) is 1. The number of nitrogens with zero attached hydrogens (tertiary/aromatic N) is 3. The molecule has 1 aromatic rings. The van der Waals surface area contributed by atoms with E-state index in [0.29, 0.717) is 13.1 Å². The number of pyridine rings is 1. The van der Waals surface area contributed by atoms with Crippen LogP contribution >= 0.6 is 0 Å². The summed E-state index contributed by atoms with van der Waals surface area (Å²) in [5.41, 5.74) is 1.27. The molecule has 3 amide bonds. The summed E-state index contributed by atoms with van der Waals surface area (Å²) in [5.74, 6) is -0.0742. The third-order valence-electron chi connectivity index (χ3n) is 4.62. The maximum atomic E-state index is 12.4. The summed E-state index contributed by atoms with van der Waals surface area (Å²) in [6, 6.07) is 4.16. The van der Waals surface area contributed by atoms with Crippen molar-refractivity contribution in [2.75, 3.05) is 32.7 Å². The Morgan fingerprint density at radius 1 is 1.30 bits per heavy atom. The highest BCUT2D eigenvalue weighted by molar-refractivity contribution is 5.84. The molecule has 27 heavy (non-hydrogen) atoms. The molecule has 9 heteroatoms. The van der Waals surface area contributed by atoms with Gasteiger partial charge in [0.2, 0.25) is 5.91 Å². The molecule has 0 aliphatic carbocycles. The molecular weight excluding hydrogens is 350 g/mol. The number of likely N-dealkylation sites (tertiary alicyclic amines) is 1. The number of nitrogens with one attached hydrogen (secondary N) is 2. The fourth-order valence-corrected chi connectivity index (χ4v) is 3.23. The van der Waals surface area contributed by atoms with Crippen LogP contribution in [0.2, 0.25) is 0 Å². The van der Waals surface area contributed by atoms with Crippen LogP contribution < -0.4 is 10.6 Å². The van der Waals surface area contributed by atoms with Gasteiger partial charge >= 0.3 is 6.03 Å². The van der Waals surface area contributed by atoms with Crippen molar-refractivity contribution in [2.24, 2.45) is 0 Å². The van der Waals surface area contributed by atoms with Crippen molar-refractivity contribution in [3.8, 4) is 0 Å². The quantitative estimate of drug-likeness (QED) is 0.652. The van der Waals surface area contributed by atoms with Gasteiger partial charge in [0.1, 0.15) is 6.54 Å². The van der Waals surface area contributed by atoms with Crippen molar-refractivity contribution in [1.82, 2.24) is 25.4 Å². The monoisotopic (exact) mass is 377 g/mol. The topological polar surface area (TPSA) is 115 Å². The van der Waals surface area contributed by atoms with Crippen molar-refractivity contribution >= 4 is 18.4 Å². The molecule has 3 rings (SSSR count). The Morgan fingerprint density at radius 2 is 1.96 bits per heavy atom. The van der Waals surface area contributed by atoms with Crippen LogP contribution in [0.5, 0.6) is 0 Å². The molecule has 0 atom stereocenters. The van der Waals surface area contributed by atoms with Crippen LogP contribution in [0.25, 0.3) is 0 Å². The lowest BCUT2D eigenvalue weighted by molar-refractivity contribution is -0.123. The van der Waals surface area contributed by atoms with E-state index >= 15 is 0 Å². The molecule has 9 nitrogen and oxygen atoms in total. The highest BCUT2D eigenvalue weighted by atomic mass is 16.3. The van der Waals surface area contributed by atoms with Crippen LogP contribution in [-0.4, -0.2) is 77.1 Å². The van der Waals surface area contributed by atoms with Crippen molar-refractivity contribution < 1.29 is 19.5 Å². The predicted molar refractivity (Wildman–Crippen MR) is 99.0 cm³/mol. The van der Waals surface area contributed by atoms with E-state index in [4.69, 9.17) is 9.90 Å². The maximum Gasteiger partial charge on any atom is 0.318 e. The average molecular weight is 377 g/mol. The Kier molecular flexibility index (Phi) is 8.50. The lowest BCUT2D eigenvalue weighted by Gasteiger charge is -2.33. The predicted octanol–water partition coefficient (Wildman–Crippen LogP) is 0.278. The molecule has 3 heterocycles. The molecule has 2 aliphatic rings. The van der Waals surface area contributed by atoms with Gasteiger partial charge in [-0.1, -0.05) is 0 Å². The number of hydrogen-bond acceptors (Lipinski definition) is 5. The first-order chi connectivity index (χ1) is 13.1. The summed E-state index contributed by atoms with van der Waals surface area (Å²) in [6.07, 6.45) is 6.33. The molecule has 0 unspecified atom stereocenters. The van der Waals surface area contributed by atoms with Crippen molar-refractivity contribution in [1.29, 1.82) is 0 Å². The zero-order valence-electron chi connectivity index (χ0n) is 15.3. The lowest BCUT2D eigenvalue weighted by Crippen LogP contribution is -2.50. The fraction of sp³-hybridized carbons (Fsp3) is 0.556. The smallest absolute Gasteiger partial charge is 0.318 e. The summed E-state index contributed by atoms with van der Waals surface area (Å²) < 4.78 is 0. The summed E-state index contributed by atoms with van der Waals surface area (Å²) in [4.78, 5) is 40.3. The minimum absolute atomic E-state index is 0.0742. The molecule has 0 spiro atoms. The van der Waals surface area contributed by atoms with Crippen LogP contribution in [-0.2, 0) is 16.1 Å². The highest BCUT2D eigenvalue weighted by Gasteiger charge is 2.24. The standard InChI is InChI=1S/C17H25N5O2.CH2O2/c23-16-13-22(9-1-6-19-16)17(24)20-15-4-10-21(11-5-15)12-14-2-7-18-8-3-14;2-1-3/h2-3,7-8,15H,1,4-6,9-13H2,(H,19,23)(H,20,24);1H,(H,2,3). The zero-order chi connectivity index (χ0) is 19.5. The van der Waals surface area contributed by atoms with E-state index in [0.717, 1.165) is 38.9 Å². The van der Waals surface area contributed by atoms with Gasteiger partial charge in [-0.2, -0.15) is 0 Å². The van der Waals surface area contributed by atoms with Crippen LogP contribution in [0, 0.1) is 0 Å². The van der Waals surface area contributed by atoms with Gasteiger partial charge < -0.3 is 20.6 Å². The van der Waals surface area contributed by atoms with E-state index in [2.05, 4.69) is 20.5 Å². The van der Waals surface area contributed by atoms with E-state index in [-0.39, 0.29) is 31.0 Å². The molecule has 0 aromatic carbocycles. The van der Waals surface area contributed by atoms with E-state index in [9.17, 15) is 9.59 Å². The molecule has 3 N–H and O–H groups in total. The number of urea groups is 1. The minimum Gasteiger partial charge on any atom is -0.483 e. The van der Waals surface area contributed by atoms with Gasteiger partial charge in [0.05, 0.1) is 0 Å². The molecule has 0 radical (unpaired) electrons. The number of carbonyl (C=O) groups is 3. The van der Waals surface area contributed by atoms with Crippen molar-refractivity contribution in [3.63, 3.8) is 0 Å². The largest absolute Gasteiger partial charge is 0.483 e. The second kappa shape index (κ2) is 11.1. The van der Waals surface area contributed by atoms with Crippen molar-refractivity contribution in [2.45, 2.75) is 31.8 Å². The SMILES string of the molecule is O=C1CN(C(=O)NC2CCN(Cc3ccncc3)CC2)CCCN1.O=CO. The fourth-order valence-electron chi connectivity index (χ4n) is 3.23. The Labute approximate surface area is 158 Å². The van der Waals surface area contributed by atoms with Gasteiger partial charge in [-0.05, 0) is 37.0 Å². The Balaban J connectivity index is 0.000000817. The normalized spacial score (nSPS) is 18.5. The summed E-state index contributed by atoms with van der Waals surface area (Å²) in [5, 5.41) is 12.8. The Morgan fingerprint density at radius 3 is 2.63 bits per heavy atom. The summed E-state index contributed by atoms with van der Waals surface area (Å²) in [7, 11) is 0. The summed E-state index contributed by atoms with van der Waals surface area (Å²) >= 11 is 0. The molecule has 2 fully saturated rings. The van der Waals surface area contributed by atoms with E-state index in [1.54, 1.807) is 4.90 Å². The number of carbonyl (C=O) groups excluding carboxylic acids is 2. The second-order valence-electron chi connectivity index (χ2n) is 6.59. The first kappa shape index (κ1) is 20.6. The van der Waals surface area contributed by atoms with Gasteiger partial charge in [-0.25, -0.2) is 4.79 Å². The second-order valence-corrected chi connectivity index (χ2v) is 6.59. The van der Waals surface area contributed by atoms with Gasteiger partial charge in [-0.15, -0.1) is 0 Å². The van der Waals surface area contributed by atoms with Gasteiger partial charge in [0.15, 0.2) is 0 Å². The Bertz CT molecular complexity index is 605. The van der Waals surface area contributed by atoms with E-state index in [1.807, 2.05) is 24.5 Å². The maximum absolute atomic E-state index is 12.4. The van der Waals surface area contributed by atoms with Crippen LogP contribution in [0.1, 0.15) is 24.8 Å². The molecule has 0 bridgehead atoms. The number of amides is 3. The third kappa shape index (κ3) is 7.22. The van der Waals surface area contributed by atoms with Gasteiger partial charge in [0.25, 0.3) is 6.47 Å². The first-order valence-electron chi connectivity index (χ1n) is 9.13. The van der Waals surface area contributed by atoms with E-state index in [1.165, 1.54) is 5.56 Å².